The molecule has 0 bridgehead atoms. The number of fused-ring (bicyclic) bond motifs is 1. The molecule has 3 amide bonds. The molecule has 2 aromatic heterocycles. The maximum absolute atomic E-state index is 13.4. The predicted octanol–water partition coefficient (Wildman–Crippen LogP) is 2.32. The van der Waals surface area contributed by atoms with E-state index < -0.39 is 12.1 Å². The smallest absolute Gasteiger partial charge is 0.243 e. The van der Waals surface area contributed by atoms with Crippen molar-refractivity contribution in [2.75, 3.05) is 13.1 Å². The van der Waals surface area contributed by atoms with E-state index >= 15 is 0 Å². The minimum atomic E-state index is -0.734. The first-order valence-corrected chi connectivity index (χ1v) is 14.2. The second-order valence-electron chi connectivity index (χ2n) is 10.0. The van der Waals surface area contributed by atoms with E-state index in [9.17, 15) is 19.2 Å². The summed E-state index contributed by atoms with van der Waals surface area (Å²) in [5.74, 6) is -0.822. The maximum Gasteiger partial charge on any atom is 0.243 e. The molecule has 2 aliphatic rings. The number of hydrogen-bond donors (Lipinski definition) is 1. The zero-order valence-corrected chi connectivity index (χ0v) is 22.5. The molecule has 0 radical (unpaired) electrons. The first-order valence-electron chi connectivity index (χ1n) is 13.3. The van der Waals surface area contributed by atoms with E-state index in [0.29, 0.717) is 56.6 Å². The number of Topliss-reactive ketones (excluding diaryl/α,β-unsaturated/α-hetero) is 1. The molecule has 5 rings (SSSR count). The quantitative estimate of drug-likeness (QED) is 0.368. The molecule has 11 heteroatoms. The lowest BCUT2D eigenvalue weighted by atomic mass is 10.1. The molecule has 1 aromatic carbocycles. The fourth-order valence-corrected chi connectivity index (χ4v) is 6.06. The molecular formula is C28H32N6O4S. The number of thiazole rings is 1. The van der Waals surface area contributed by atoms with Gasteiger partial charge in [-0.2, -0.15) is 0 Å². The van der Waals surface area contributed by atoms with Gasteiger partial charge in [0, 0.05) is 43.5 Å². The molecule has 39 heavy (non-hydrogen) atoms. The van der Waals surface area contributed by atoms with Crippen molar-refractivity contribution in [3.8, 4) is 0 Å². The fraction of sp³-hybridized carbons (Fsp3) is 0.429. The number of ketones is 1. The monoisotopic (exact) mass is 548 g/mol. The van der Waals surface area contributed by atoms with Crippen molar-refractivity contribution in [2.45, 2.75) is 63.2 Å². The molecule has 2 fully saturated rings. The Morgan fingerprint density at radius 2 is 1.97 bits per heavy atom. The topological polar surface area (TPSA) is 117 Å². The Balaban J connectivity index is 1.19. The van der Waals surface area contributed by atoms with Gasteiger partial charge < -0.3 is 19.7 Å². The number of rotatable bonds is 11. The molecular weight excluding hydrogens is 516 g/mol. The number of amides is 3. The number of benzene rings is 1. The van der Waals surface area contributed by atoms with Gasteiger partial charge in [-0.25, -0.2) is 9.97 Å². The van der Waals surface area contributed by atoms with E-state index in [1.807, 2.05) is 41.1 Å². The van der Waals surface area contributed by atoms with Crippen LogP contribution in [0.3, 0.4) is 0 Å². The molecule has 0 saturated carbocycles. The molecule has 0 spiro atoms. The number of imidazole rings is 1. The lowest BCUT2D eigenvalue weighted by Crippen LogP contribution is -2.60. The normalized spacial score (nSPS) is 19.5. The molecule has 204 valence electrons. The Bertz CT molecular complexity index is 1280. The number of piperazine rings is 1. The average molecular weight is 549 g/mol. The van der Waals surface area contributed by atoms with E-state index in [4.69, 9.17) is 0 Å². The highest BCUT2D eigenvalue weighted by Gasteiger charge is 2.46. The highest BCUT2D eigenvalue weighted by atomic mass is 32.1. The Morgan fingerprint density at radius 3 is 2.72 bits per heavy atom. The van der Waals surface area contributed by atoms with Gasteiger partial charge in [-0.15, -0.1) is 11.3 Å². The third kappa shape index (κ3) is 6.42. The molecule has 10 nitrogen and oxygen atoms in total. The van der Waals surface area contributed by atoms with Crippen LogP contribution in [-0.4, -0.2) is 79.1 Å². The number of aromatic nitrogens is 3. The molecule has 0 aliphatic carbocycles. The van der Waals surface area contributed by atoms with Crippen molar-refractivity contribution in [1.29, 1.82) is 0 Å². The van der Waals surface area contributed by atoms with E-state index in [1.54, 1.807) is 33.9 Å². The molecule has 2 aliphatic heterocycles. The predicted molar refractivity (Wildman–Crippen MR) is 145 cm³/mol. The van der Waals surface area contributed by atoms with Crippen molar-refractivity contribution in [1.82, 2.24) is 29.7 Å². The van der Waals surface area contributed by atoms with Gasteiger partial charge in [0.1, 0.15) is 6.04 Å². The Hall–Kier alpha value is -3.86. The van der Waals surface area contributed by atoms with Crippen LogP contribution in [0.1, 0.15) is 47.5 Å². The zero-order chi connectivity index (χ0) is 27.2. The van der Waals surface area contributed by atoms with E-state index in [-0.39, 0.29) is 36.1 Å². The van der Waals surface area contributed by atoms with Crippen LogP contribution < -0.4 is 5.32 Å². The van der Waals surface area contributed by atoms with Gasteiger partial charge >= 0.3 is 0 Å². The Kier molecular flexibility index (Phi) is 8.45. The minimum absolute atomic E-state index is 0.0275. The van der Waals surface area contributed by atoms with Gasteiger partial charge in [-0.1, -0.05) is 30.3 Å². The van der Waals surface area contributed by atoms with Crippen LogP contribution in [0.15, 0.2) is 60.6 Å². The molecule has 3 atom stereocenters. The van der Waals surface area contributed by atoms with Crippen molar-refractivity contribution in [3.63, 3.8) is 0 Å². The largest absolute Gasteiger partial charge is 0.344 e. The van der Waals surface area contributed by atoms with Crippen LogP contribution in [0.4, 0.5) is 0 Å². The van der Waals surface area contributed by atoms with Gasteiger partial charge in [0.05, 0.1) is 25.0 Å². The summed E-state index contributed by atoms with van der Waals surface area (Å²) in [7, 11) is 0. The van der Waals surface area contributed by atoms with Gasteiger partial charge in [0.2, 0.25) is 23.5 Å². The van der Waals surface area contributed by atoms with Crippen LogP contribution >= 0.6 is 11.3 Å². The third-order valence-electron chi connectivity index (χ3n) is 7.42. The van der Waals surface area contributed by atoms with Crippen LogP contribution in [0.25, 0.3) is 0 Å². The SMILES string of the molecule is O=C(c1nccs1)C(CCCn1ccnc1)NC(=O)C1CC[C@H]2CN(C(=O)CCc3ccccc3)CC(=O)N12. The summed E-state index contributed by atoms with van der Waals surface area (Å²) in [6, 6.07) is 8.22. The number of hydrogen-bond acceptors (Lipinski definition) is 7. The summed E-state index contributed by atoms with van der Waals surface area (Å²) < 4.78 is 1.92. The lowest BCUT2D eigenvalue weighted by Gasteiger charge is -2.39. The zero-order valence-electron chi connectivity index (χ0n) is 21.6. The first-order chi connectivity index (χ1) is 19.0. The van der Waals surface area contributed by atoms with Crippen LogP contribution in [0, 0.1) is 0 Å². The Morgan fingerprint density at radius 1 is 1.13 bits per heavy atom. The summed E-state index contributed by atoms with van der Waals surface area (Å²) in [6.45, 7) is 1.07. The summed E-state index contributed by atoms with van der Waals surface area (Å²) in [4.78, 5) is 64.0. The lowest BCUT2D eigenvalue weighted by molar-refractivity contribution is -0.151. The van der Waals surface area contributed by atoms with Crippen molar-refractivity contribution >= 4 is 34.8 Å². The maximum atomic E-state index is 13.4. The van der Waals surface area contributed by atoms with Gasteiger partial charge in [-0.05, 0) is 37.7 Å². The van der Waals surface area contributed by atoms with Crippen LogP contribution in [0.5, 0.6) is 0 Å². The average Bonchev–Trinajstić information content (AvgIpc) is 3.73. The van der Waals surface area contributed by atoms with Crippen molar-refractivity contribution in [3.05, 3.63) is 71.2 Å². The second-order valence-corrected chi connectivity index (χ2v) is 10.9. The van der Waals surface area contributed by atoms with Gasteiger partial charge in [0.15, 0.2) is 5.01 Å². The van der Waals surface area contributed by atoms with Crippen molar-refractivity contribution in [2.24, 2.45) is 0 Å². The van der Waals surface area contributed by atoms with Gasteiger partial charge in [0.25, 0.3) is 0 Å². The number of aryl methyl sites for hydroxylation is 2. The van der Waals surface area contributed by atoms with E-state index in [0.717, 1.165) is 5.56 Å². The van der Waals surface area contributed by atoms with Crippen LogP contribution in [-0.2, 0) is 27.3 Å². The minimum Gasteiger partial charge on any atom is -0.344 e. The fourth-order valence-electron chi connectivity index (χ4n) is 5.43. The second kappa shape index (κ2) is 12.3. The number of nitrogens with zero attached hydrogens (tertiary/aromatic N) is 5. The highest BCUT2D eigenvalue weighted by molar-refractivity contribution is 7.11. The standard InChI is InChI=1S/C28H32N6O4S/c35-24(11-8-20-5-2-1-3-6-20)33-17-21-9-10-23(34(21)25(36)18-33)27(38)31-22(26(37)28-30-13-16-39-28)7-4-14-32-15-12-29-19-32/h1-3,5-6,12-13,15-16,19,21-23H,4,7-11,14,17-18H2,(H,31,38)/t21-,22?,23?/m0/s1. The number of carbonyl (C=O) groups excluding carboxylic acids is 4. The third-order valence-corrected chi connectivity index (χ3v) is 8.21. The highest BCUT2D eigenvalue weighted by Crippen LogP contribution is 2.29. The number of carbonyl (C=O) groups is 4. The summed E-state index contributed by atoms with van der Waals surface area (Å²) in [6.07, 6.45) is 10.0. The summed E-state index contributed by atoms with van der Waals surface area (Å²) in [5, 5.41) is 5.02. The molecule has 4 heterocycles. The van der Waals surface area contributed by atoms with Gasteiger partial charge in [-0.3, -0.25) is 19.2 Å². The van der Waals surface area contributed by atoms with E-state index in [2.05, 4.69) is 15.3 Å². The van der Waals surface area contributed by atoms with E-state index in [1.165, 1.54) is 11.3 Å². The molecule has 3 aromatic rings. The summed E-state index contributed by atoms with van der Waals surface area (Å²) in [5.41, 5.74) is 1.08. The van der Waals surface area contributed by atoms with Crippen molar-refractivity contribution < 1.29 is 19.2 Å². The number of nitrogens with one attached hydrogen (secondary N) is 1. The first kappa shape index (κ1) is 26.7. The molecule has 2 unspecified atom stereocenters. The van der Waals surface area contributed by atoms with Crippen LogP contribution in [0.2, 0.25) is 0 Å². The molecule has 2 saturated heterocycles. The Labute approximate surface area is 231 Å². The summed E-state index contributed by atoms with van der Waals surface area (Å²) >= 11 is 1.24. The molecule has 1 N–H and O–H groups in total.